The number of rotatable bonds is 2. The maximum atomic E-state index is 13.3. The molecule has 0 spiro atoms. The Hall–Kier alpha value is -2.31. The molecule has 0 fully saturated rings. The van der Waals surface area contributed by atoms with Crippen molar-refractivity contribution in [3.8, 4) is 5.69 Å². The molecule has 5 nitrogen and oxygen atoms in total. The molecule has 0 saturated carbocycles. The Kier molecular flexibility index (Phi) is 2.35. The third kappa shape index (κ3) is 1.52. The van der Waals surface area contributed by atoms with E-state index in [0.29, 0.717) is 0 Å². The Morgan fingerprint density at radius 2 is 1.88 bits per heavy atom. The van der Waals surface area contributed by atoms with E-state index in [0.717, 1.165) is 16.9 Å². The van der Waals surface area contributed by atoms with Gasteiger partial charge in [0, 0.05) is 0 Å². The lowest BCUT2D eigenvalue weighted by Gasteiger charge is -2.05. The molecular formula is C9H5F2N3O2. The highest BCUT2D eigenvalue weighted by Crippen LogP contribution is 2.19. The highest BCUT2D eigenvalue weighted by atomic mass is 19.2. The van der Waals surface area contributed by atoms with Gasteiger partial charge in [0.2, 0.25) is 0 Å². The average Bonchev–Trinajstić information content (AvgIpc) is 2.74. The third-order valence-corrected chi connectivity index (χ3v) is 1.92. The van der Waals surface area contributed by atoms with Crippen LogP contribution in [0.1, 0.15) is 10.4 Å². The number of hydrogen-bond donors (Lipinski definition) is 1. The first-order chi connectivity index (χ1) is 7.61. The molecule has 0 atom stereocenters. The average molecular weight is 225 g/mol. The van der Waals surface area contributed by atoms with Crippen LogP contribution in [0.5, 0.6) is 0 Å². The summed E-state index contributed by atoms with van der Waals surface area (Å²) in [7, 11) is 0. The molecule has 1 N–H and O–H groups in total. The lowest BCUT2D eigenvalue weighted by molar-refractivity contribution is 0.0690. The Morgan fingerprint density at radius 1 is 1.25 bits per heavy atom. The SMILES string of the molecule is O=C(O)c1c(-n2nccn2)ccc(F)c1F. The summed E-state index contributed by atoms with van der Waals surface area (Å²) in [5.41, 5.74) is -0.924. The van der Waals surface area contributed by atoms with E-state index in [2.05, 4.69) is 10.2 Å². The van der Waals surface area contributed by atoms with Gasteiger partial charge in [0.05, 0.1) is 12.4 Å². The number of carboxylic acid groups (broad SMARTS) is 1. The molecule has 16 heavy (non-hydrogen) atoms. The Balaban J connectivity index is 2.71. The van der Waals surface area contributed by atoms with Crippen LogP contribution in [0.25, 0.3) is 5.69 Å². The van der Waals surface area contributed by atoms with Crippen molar-refractivity contribution in [2.75, 3.05) is 0 Å². The summed E-state index contributed by atoms with van der Waals surface area (Å²) < 4.78 is 26.2. The van der Waals surface area contributed by atoms with Gasteiger partial charge in [0.25, 0.3) is 0 Å². The lowest BCUT2D eigenvalue weighted by Crippen LogP contribution is -2.11. The van der Waals surface area contributed by atoms with E-state index in [-0.39, 0.29) is 5.69 Å². The summed E-state index contributed by atoms with van der Waals surface area (Å²) in [6.07, 6.45) is 2.60. The van der Waals surface area contributed by atoms with Gasteiger partial charge in [-0.3, -0.25) is 0 Å². The summed E-state index contributed by atoms with van der Waals surface area (Å²) in [5, 5.41) is 16.1. The van der Waals surface area contributed by atoms with E-state index < -0.39 is 23.2 Å². The number of benzene rings is 1. The van der Waals surface area contributed by atoms with E-state index in [1.54, 1.807) is 0 Å². The monoisotopic (exact) mass is 225 g/mol. The quantitative estimate of drug-likeness (QED) is 0.834. The van der Waals surface area contributed by atoms with E-state index in [1.807, 2.05) is 0 Å². The van der Waals surface area contributed by atoms with Crippen LogP contribution in [0, 0.1) is 11.6 Å². The summed E-state index contributed by atoms with van der Waals surface area (Å²) in [5.74, 6) is -4.24. The van der Waals surface area contributed by atoms with Gasteiger partial charge in [0.1, 0.15) is 11.3 Å². The number of halogens is 2. The molecule has 2 rings (SSSR count). The predicted molar refractivity (Wildman–Crippen MR) is 48.2 cm³/mol. The molecule has 0 bridgehead atoms. The normalized spacial score (nSPS) is 10.4. The van der Waals surface area contributed by atoms with Crippen molar-refractivity contribution in [2.24, 2.45) is 0 Å². The molecule has 0 amide bonds. The van der Waals surface area contributed by atoms with E-state index in [9.17, 15) is 13.6 Å². The topological polar surface area (TPSA) is 68.0 Å². The van der Waals surface area contributed by atoms with Gasteiger partial charge in [-0.1, -0.05) is 0 Å². The largest absolute Gasteiger partial charge is 0.478 e. The van der Waals surface area contributed by atoms with Crippen molar-refractivity contribution in [3.05, 3.63) is 41.7 Å². The number of aromatic carboxylic acids is 1. The number of aromatic nitrogens is 3. The Labute approximate surface area is 87.9 Å². The standard InChI is InChI=1S/C9H5F2N3O2/c10-5-1-2-6(14-12-3-4-13-14)7(8(5)11)9(15)16/h1-4H,(H,15,16). The van der Waals surface area contributed by atoms with Crippen LogP contribution in [0.3, 0.4) is 0 Å². The maximum Gasteiger partial charge on any atom is 0.341 e. The highest BCUT2D eigenvalue weighted by molar-refractivity contribution is 5.92. The van der Waals surface area contributed by atoms with E-state index in [4.69, 9.17) is 5.11 Å². The van der Waals surface area contributed by atoms with Crippen molar-refractivity contribution in [3.63, 3.8) is 0 Å². The van der Waals surface area contributed by atoms with Gasteiger partial charge in [-0.05, 0) is 12.1 Å². The second-order valence-corrected chi connectivity index (χ2v) is 2.88. The summed E-state index contributed by atoms with van der Waals surface area (Å²) >= 11 is 0. The van der Waals surface area contributed by atoms with Crippen molar-refractivity contribution >= 4 is 5.97 Å². The zero-order valence-corrected chi connectivity index (χ0v) is 7.76. The van der Waals surface area contributed by atoms with Crippen LogP contribution in [-0.2, 0) is 0 Å². The smallest absolute Gasteiger partial charge is 0.341 e. The van der Waals surface area contributed by atoms with Crippen molar-refractivity contribution in [2.45, 2.75) is 0 Å². The van der Waals surface area contributed by atoms with Crippen molar-refractivity contribution in [1.29, 1.82) is 0 Å². The molecule has 1 heterocycles. The Bertz CT molecular complexity index is 540. The van der Waals surface area contributed by atoms with Crippen LogP contribution in [0.2, 0.25) is 0 Å². The number of carboxylic acids is 1. The van der Waals surface area contributed by atoms with Crippen molar-refractivity contribution in [1.82, 2.24) is 15.0 Å². The van der Waals surface area contributed by atoms with Crippen molar-refractivity contribution < 1.29 is 18.7 Å². The molecular weight excluding hydrogens is 220 g/mol. The molecule has 2 aromatic rings. The van der Waals surface area contributed by atoms with Gasteiger partial charge in [-0.15, -0.1) is 0 Å². The third-order valence-electron chi connectivity index (χ3n) is 1.92. The summed E-state index contributed by atoms with van der Waals surface area (Å²) in [6.45, 7) is 0. The minimum Gasteiger partial charge on any atom is -0.478 e. The molecule has 0 aliphatic carbocycles. The Morgan fingerprint density at radius 3 is 2.44 bits per heavy atom. The first-order valence-corrected chi connectivity index (χ1v) is 4.19. The van der Waals surface area contributed by atoms with E-state index in [1.165, 1.54) is 12.4 Å². The molecule has 0 unspecified atom stereocenters. The molecule has 1 aromatic carbocycles. The first-order valence-electron chi connectivity index (χ1n) is 4.19. The first kappa shape index (κ1) is 10.2. The van der Waals surface area contributed by atoms with Crippen LogP contribution >= 0.6 is 0 Å². The second-order valence-electron chi connectivity index (χ2n) is 2.88. The minimum atomic E-state index is -1.58. The molecule has 7 heteroatoms. The summed E-state index contributed by atoms with van der Waals surface area (Å²) in [4.78, 5) is 11.7. The van der Waals surface area contributed by atoms with Crippen LogP contribution in [0.4, 0.5) is 8.78 Å². The maximum absolute atomic E-state index is 13.3. The number of hydrogen-bond acceptors (Lipinski definition) is 3. The zero-order valence-electron chi connectivity index (χ0n) is 7.76. The van der Waals surface area contributed by atoms with Crippen LogP contribution < -0.4 is 0 Å². The molecule has 1 aromatic heterocycles. The molecule has 0 radical (unpaired) electrons. The lowest BCUT2D eigenvalue weighted by atomic mass is 10.1. The summed E-state index contributed by atoms with van der Waals surface area (Å²) in [6, 6.07) is 1.92. The minimum absolute atomic E-state index is 0.128. The zero-order chi connectivity index (χ0) is 11.7. The van der Waals surface area contributed by atoms with Gasteiger partial charge in [0.15, 0.2) is 11.6 Å². The molecule has 0 saturated heterocycles. The van der Waals surface area contributed by atoms with Gasteiger partial charge in [-0.25, -0.2) is 13.6 Å². The van der Waals surface area contributed by atoms with Crippen LogP contribution in [0.15, 0.2) is 24.5 Å². The van der Waals surface area contributed by atoms with Gasteiger partial charge in [-0.2, -0.15) is 15.0 Å². The fourth-order valence-corrected chi connectivity index (χ4v) is 1.25. The number of nitrogens with zero attached hydrogens (tertiary/aromatic N) is 3. The van der Waals surface area contributed by atoms with Gasteiger partial charge >= 0.3 is 5.97 Å². The highest BCUT2D eigenvalue weighted by Gasteiger charge is 2.21. The number of carbonyl (C=O) groups is 1. The van der Waals surface area contributed by atoms with E-state index >= 15 is 0 Å². The van der Waals surface area contributed by atoms with Gasteiger partial charge < -0.3 is 5.11 Å². The molecule has 0 aliphatic rings. The fraction of sp³-hybridized carbons (Fsp3) is 0. The predicted octanol–water partition coefficient (Wildman–Crippen LogP) is 1.24. The second kappa shape index (κ2) is 3.69. The molecule has 0 aliphatic heterocycles. The van der Waals surface area contributed by atoms with Crippen LogP contribution in [-0.4, -0.2) is 26.1 Å². The fourth-order valence-electron chi connectivity index (χ4n) is 1.25. The molecule has 82 valence electrons.